The van der Waals surface area contributed by atoms with Crippen LogP contribution in [0.3, 0.4) is 0 Å². The fraction of sp³-hybridized carbons (Fsp3) is 0.190. The lowest BCUT2D eigenvalue weighted by Crippen LogP contribution is -2.12. The summed E-state index contributed by atoms with van der Waals surface area (Å²) in [6, 6.07) is 10.8. The van der Waals surface area contributed by atoms with Crippen LogP contribution in [0.4, 0.5) is 4.39 Å². The summed E-state index contributed by atoms with van der Waals surface area (Å²) in [6.45, 7) is 2.51. The van der Waals surface area contributed by atoms with Gasteiger partial charge in [-0.2, -0.15) is 0 Å². The molecular weight excluding hydrogens is 349 g/mol. The molecule has 2 heterocycles. The Labute approximate surface area is 155 Å². The second-order valence-corrected chi connectivity index (χ2v) is 6.42. The molecule has 5 nitrogen and oxygen atoms in total. The molecule has 2 aromatic carbocycles. The number of rotatable bonds is 3. The smallest absolute Gasteiger partial charge is 0.340 e. The van der Waals surface area contributed by atoms with Gasteiger partial charge in [-0.3, -0.25) is 0 Å². The molecule has 0 bridgehead atoms. The summed E-state index contributed by atoms with van der Waals surface area (Å²) in [5.41, 5.74) is 3.82. The third-order valence-electron chi connectivity index (χ3n) is 4.77. The summed E-state index contributed by atoms with van der Waals surface area (Å²) in [6.07, 6.45) is 0.607. The van der Waals surface area contributed by atoms with Crippen molar-refractivity contribution in [3.8, 4) is 34.0 Å². The van der Waals surface area contributed by atoms with Crippen molar-refractivity contribution in [3.63, 3.8) is 0 Å². The van der Waals surface area contributed by atoms with Gasteiger partial charge in [0.2, 0.25) is 0 Å². The van der Waals surface area contributed by atoms with Crippen LogP contribution in [0, 0.1) is 5.82 Å². The molecule has 138 valence electrons. The van der Waals surface area contributed by atoms with E-state index in [1.165, 1.54) is 24.3 Å². The standard InChI is InChI=1S/C21H18FNO4/c1-2-27-21(26)16-10-17-15-11-19(25)18(24)9-12(15)6-7-23(17)20(16)13-4-3-5-14(22)8-13/h3-5,8-11,24-25H,2,6-7H2,1H3. The molecule has 6 heteroatoms. The average Bonchev–Trinajstić information content (AvgIpc) is 3.03. The van der Waals surface area contributed by atoms with Crippen LogP contribution >= 0.6 is 0 Å². The van der Waals surface area contributed by atoms with Gasteiger partial charge in [-0.25, -0.2) is 9.18 Å². The Morgan fingerprint density at radius 3 is 2.70 bits per heavy atom. The highest BCUT2D eigenvalue weighted by molar-refractivity contribution is 5.99. The van der Waals surface area contributed by atoms with Gasteiger partial charge in [0.15, 0.2) is 11.5 Å². The van der Waals surface area contributed by atoms with E-state index in [9.17, 15) is 19.4 Å². The van der Waals surface area contributed by atoms with Crippen molar-refractivity contribution < 1.29 is 24.1 Å². The number of phenolic OH excluding ortho intramolecular Hbond substituents is 2. The van der Waals surface area contributed by atoms with Gasteiger partial charge in [0, 0.05) is 23.4 Å². The number of benzene rings is 2. The average molecular weight is 367 g/mol. The maximum Gasteiger partial charge on any atom is 0.340 e. The second-order valence-electron chi connectivity index (χ2n) is 6.42. The van der Waals surface area contributed by atoms with Crippen molar-refractivity contribution in [2.45, 2.75) is 19.9 Å². The van der Waals surface area contributed by atoms with E-state index in [1.54, 1.807) is 25.1 Å². The van der Waals surface area contributed by atoms with E-state index in [-0.39, 0.29) is 18.1 Å². The largest absolute Gasteiger partial charge is 0.504 e. The normalized spacial score (nSPS) is 12.4. The lowest BCUT2D eigenvalue weighted by Gasteiger charge is -2.22. The summed E-state index contributed by atoms with van der Waals surface area (Å²) in [7, 11) is 0. The van der Waals surface area contributed by atoms with Crippen LogP contribution in [0.25, 0.3) is 22.5 Å². The second kappa shape index (κ2) is 6.46. The molecule has 2 N–H and O–H groups in total. The molecule has 0 saturated carbocycles. The molecule has 0 amide bonds. The molecule has 27 heavy (non-hydrogen) atoms. The molecule has 1 aliphatic heterocycles. The molecule has 1 aliphatic rings. The van der Waals surface area contributed by atoms with Crippen molar-refractivity contribution in [2.75, 3.05) is 6.61 Å². The number of hydrogen-bond donors (Lipinski definition) is 2. The number of phenols is 2. The van der Waals surface area contributed by atoms with Crippen molar-refractivity contribution in [1.29, 1.82) is 0 Å². The number of fused-ring (bicyclic) bond motifs is 3. The zero-order valence-corrected chi connectivity index (χ0v) is 14.7. The minimum Gasteiger partial charge on any atom is -0.504 e. The quantitative estimate of drug-likeness (QED) is 0.540. The number of aryl methyl sites for hydroxylation is 1. The van der Waals surface area contributed by atoms with Crippen molar-refractivity contribution in [2.24, 2.45) is 0 Å². The lowest BCUT2D eigenvalue weighted by molar-refractivity contribution is 0.0527. The fourth-order valence-corrected chi connectivity index (χ4v) is 3.61. The van der Waals surface area contributed by atoms with Crippen LogP contribution in [0.2, 0.25) is 0 Å². The summed E-state index contributed by atoms with van der Waals surface area (Å²) in [5, 5.41) is 19.7. The van der Waals surface area contributed by atoms with Gasteiger partial charge in [-0.05, 0) is 49.2 Å². The number of esters is 1. The van der Waals surface area contributed by atoms with E-state index in [0.29, 0.717) is 35.5 Å². The predicted octanol–water partition coefficient (Wildman–Crippen LogP) is 4.11. The van der Waals surface area contributed by atoms with E-state index in [4.69, 9.17) is 4.74 Å². The van der Waals surface area contributed by atoms with Gasteiger partial charge >= 0.3 is 5.97 Å². The summed E-state index contributed by atoms with van der Waals surface area (Å²) < 4.78 is 20.9. The predicted molar refractivity (Wildman–Crippen MR) is 98.3 cm³/mol. The molecule has 0 fully saturated rings. The number of hydrogen-bond acceptors (Lipinski definition) is 4. The van der Waals surface area contributed by atoms with Crippen LogP contribution < -0.4 is 0 Å². The van der Waals surface area contributed by atoms with E-state index < -0.39 is 11.8 Å². The number of carbonyl (C=O) groups excluding carboxylic acids is 1. The first kappa shape index (κ1) is 17.1. The van der Waals surface area contributed by atoms with Gasteiger partial charge in [0.25, 0.3) is 0 Å². The van der Waals surface area contributed by atoms with Gasteiger partial charge in [-0.1, -0.05) is 12.1 Å². The van der Waals surface area contributed by atoms with E-state index in [0.717, 1.165) is 11.1 Å². The zero-order chi connectivity index (χ0) is 19.1. The first-order chi connectivity index (χ1) is 13.0. The third kappa shape index (κ3) is 2.83. The van der Waals surface area contributed by atoms with Gasteiger partial charge in [-0.15, -0.1) is 0 Å². The highest BCUT2D eigenvalue weighted by atomic mass is 19.1. The number of aromatic nitrogens is 1. The fourth-order valence-electron chi connectivity index (χ4n) is 3.61. The first-order valence-electron chi connectivity index (χ1n) is 8.71. The summed E-state index contributed by atoms with van der Waals surface area (Å²) >= 11 is 0. The zero-order valence-electron chi connectivity index (χ0n) is 14.7. The van der Waals surface area contributed by atoms with E-state index in [2.05, 4.69) is 0 Å². The Kier molecular flexibility index (Phi) is 4.11. The number of halogens is 1. The molecule has 0 saturated heterocycles. The molecule has 4 rings (SSSR count). The van der Waals surface area contributed by atoms with Gasteiger partial charge in [0.05, 0.1) is 17.9 Å². The SMILES string of the molecule is CCOC(=O)c1cc2n(c1-c1cccc(F)c1)CCc1cc(O)c(O)cc1-2. The molecule has 0 atom stereocenters. The van der Waals surface area contributed by atoms with Crippen LogP contribution in [-0.2, 0) is 17.7 Å². The van der Waals surface area contributed by atoms with E-state index >= 15 is 0 Å². The van der Waals surface area contributed by atoms with E-state index in [1.807, 2.05) is 4.57 Å². The Morgan fingerprint density at radius 1 is 1.19 bits per heavy atom. The van der Waals surface area contributed by atoms with Crippen molar-refractivity contribution >= 4 is 5.97 Å². The molecular formula is C21H18FNO4. The third-order valence-corrected chi connectivity index (χ3v) is 4.77. The first-order valence-corrected chi connectivity index (χ1v) is 8.71. The molecule has 0 spiro atoms. The lowest BCUT2D eigenvalue weighted by atomic mass is 9.97. The van der Waals surface area contributed by atoms with Crippen molar-refractivity contribution in [1.82, 2.24) is 4.57 Å². The number of ether oxygens (including phenoxy) is 1. The molecule has 3 aromatic rings. The minimum absolute atomic E-state index is 0.176. The maximum absolute atomic E-state index is 13.8. The molecule has 0 unspecified atom stereocenters. The topological polar surface area (TPSA) is 71.7 Å². The van der Waals surface area contributed by atoms with Gasteiger partial charge < -0.3 is 19.5 Å². The highest BCUT2D eigenvalue weighted by Crippen LogP contribution is 2.42. The molecule has 1 aromatic heterocycles. The Morgan fingerprint density at radius 2 is 1.96 bits per heavy atom. The van der Waals surface area contributed by atoms with Gasteiger partial charge in [0.1, 0.15) is 5.82 Å². The molecule has 0 radical (unpaired) electrons. The Bertz CT molecular complexity index is 1050. The van der Waals surface area contributed by atoms with Crippen LogP contribution in [0.1, 0.15) is 22.8 Å². The van der Waals surface area contributed by atoms with Crippen LogP contribution in [0.15, 0.2) is 42.5 Å². The number of carbonyl (C=O) groups is 1. The highest BCUT2D eigenvalue weighted by Gasteiger charge is 2.27. The summed E-state index contributed by atoms with van der Waals surface area (Å²) in [5.74, 6) is -1.28. The number of nitrogens with zero attached hydrogens (tertiary/aromatic N) is 1. The van der Waals surface area contributed by atoms with Crippen LogP contribution in [-0.4, -0.2) is 27.4 Å². The Balaban J connectivity index is 1.98. The summed E-state index contributed by atoms with van der Waals surface area (Å²) in [4.78, 5) is 12.6. The maximum atomic E-state index is 13.8. The van der Waals surface area contributed by atoms with Crippen LogP contribution in [0.5, 0.6) is 11.5 Å². The Hall–Kier alpha value is -3.28. The monoisotopic (exact) mass is 367 g/mol. The molecule has 0 aliphatic carbocycles. The number of aromatic hydroxyl groups is 2. The van der Waals surface area contributed by atoms with Crippen molar-refractivity contribution in [3.05, 3.63) is 59.4 Å². The minimum atomic E-state index is -0.483.